The van der Waals surface area contributed by atoms with E-state index in [0.717, 1.165) is 22.7 Å². The van der Waals surface area contributed by atoms with E-state index in [9.17, 15) is 4.79 Å². The summed E-state index contributed by atoms with van der Waals surface area (Å²) < 4.78 is 7.37. The molecule has 7 nitrogen and oxygen atoms in total. The number of amides is 1. The maximum atomic E-state index is 13.0. The zero-order valence-electron chi connectivity index (χ0n) is 17.9. The van der Waals surface area contributed by atoms with E-state index in [-0.39, 0.29) is 18.1 Å². The number of ether oxygens (including phenoxy) is 1. The minimum absolute atomic E-state index is 0.0976. The van der Waals surface area contributed by atoms with Crippen LogP contribution in [-0.4, -0.2) is 39.6 Å². The number of carbonyl (C=O) groups is 1. The third-order valence-electron chi connectivity index (χ3n) is 4.66. The highest BCUT2D eigenvalue weighted by Gasteiger charge is 2.18. The standard InChI is InChI=1S/C23H25N5O2S/c1-4-30-20-9-7-19(8-10-20)27(13-5-12-24)22(29)15-31-23-26-25-16-28(23)21-11-6-17(2)14-18(21)3/h6-11,14,16H,4-5,13,15H2,1-3H3. The highest BCUT2D eigenvalue weighted by atomic mass is 32.2. The van der Waals surface area contributed by atoms with Gasteiger partial charge in [0.15, 0.2) is 5.16 Å². The molecule has 1 amide bonds. The van der Waals surface area contributed by atoms with Crippen LogP contribution in [0.2, 0.25) is 0 Å². The number of benzene rings is 2. The summed E-state index contributed by atoms with van der Waals surface area (Å²) in [7, 11) is 0. The minimum Gasteiger partial charge on any atom is -0.494 e. The summed E-state index contributed by atoms with van der Waals surface area (Å²) in [4.78, 5) is 14.7. The number of anilines is 1. The van der Waals surface area contributed by atoms with Crippen molar-refractivity contribution in [2.24, 2.45) is 0 Å². The number of aromatic nitrogens is 3. The van der Waals surface area contributed by atoms with Crippen molar-refractivity contribution in [1.29, 1.82) is 5.26 Å². The fourth-order valence-corrected chi connectivity index (χ4v) is 4.01. The number of thioether (sulfide) groups is 1. The van der Waals surface area contributed by atoms with Crippen molar-refractivity contribution in [3.05, 3.63) is 59.9 Å². The van der Waals surface area contributed by atoms with Crippen LogP contribution in [0.1, 0.15) is 24.5 Å². The average Bonchev–Trinajstić information content (AvgIpc) is 3.22. The molecule has 2 aromatic carbocycles. The van der Waals surface area contributed by atoms with Gasteiger partial charge in [-0.15, -0.1) is 10.2 Å². The zero-order valence-corrected chi connectivity index (χ0v) is 18.7. The van der Waals surface area contributed by atoms with Gasteiger partial charge in [0.25, 0.3) is 0 Å². The van der Waals surface area contributed by atoms with Gasteiger partial charge in [-0.3, -0.25) is 9.36 Å². The molecule has 3 aromatic rings. The molecule has 0 unspecified atom stereocenters. The van der Waals surface area contributed by atoms with Crippen molar-refractivity contribution in [3.8, 4) is 17.5 Å². The molecule has 0 aliphatic carbocycles. The van der Waals surface area contributed by atoms with Gasteiger partial charge in [-0.05, 0) is 56.7 Å². The molecule has 0 bridgehead atoms. The van der Waals surface area contributed by atoms with E-state index in [0.29, 0.717) is 18.3 Å². The van der Waals surface area contributed by atoms with Gasteiger partial charge in [-0.2, -0.15) is 5.26 Å². The van der Waals surface area contributed by atoms with Gasteiger partial charge in [0.2, 0.25) is 5.91 Å². The summed E-state index contributed by atoms with van der Waals surface area (Å²) in [5.74, 6) is 0.830. The van der Waals surface area contributed by atoms with Crippen LogP contribution in [-0.2, 0) is 4.79 Å². The molecule has 0 spiro atoms. The van der Waals surface area contributed by atoms with Crippen molar-refractivity contribution in [3.63, 3.8) is 0 Å². The van der Waals surface area contributed by atoms with Crippen molar-refractivity contribution in [2.45, 2.75) is 32.3 Å². The summed E-state index contributed by atoms with van der Waals surface area (Å²) in [6.45, 7) is 6.91. The van der Waals surface area contributed by atoms with Crippen LogP contribution >= 0.6 is 11.8 Å². The summed E-state index contributed by atoms with van der Waals surface area (Å²) in [6.07, 6.45) is 1.91. The quantitative estimate of drug-likeness (QED) is 0.466. The Morgan fingerprint density at radius 3 is 2.68 bits per heavy atom. The van der Waals surface area contributed by atoms with Crippen LogP contribution in [0, 0.1) is 25.2 Å². The van der Waals surface area contributed by atoms with Crippen LogP contribution in [0.25, 0.3) is 5.69 Å². The Labute approximate surface area is 186 Å². The van der Waals surface area contributed by atoms with Crippen LogP contribution in [0.5, 0.6) is 5.75 Å². The topological polar surface area (TPSA) is 84.0 Å². The zero-order chi connectivity index (χ0) is 22.2. The van der Waals surface area contributed by atoms with Crippen LogP contribution in [0.3, 0.4) is 0 Å². The van der Waals surface area contributed by atoms with E-state index in [2.05, 4.69) is 22.3 Å². The van der Waals surface area contributed by atoms with E-state index >= 15 is 0 Å². The van der Waals surface area contributed by atoms with Crippen LogP contribution in [0.15, 0.2) is 53.9 Å². The van der Waals surface area contributed by atoms with E-state index in [4.69, 9.17) is 10.00 Å². The minimum atomic E-state index is -0.0976. The molecule has 1 aromatic heterocycles. The predicted molar refractivity (Wildman–Crippen MR) is 122 cm³/mol. The Hall–Kier alpha value is -3.31. The first-order valence-electron chi connectivity index (χ1n) is 10.0. The fourth-order valence-electron chi connectivity index (χ4n) is 3.22. The number of hydrogen-bond acceptors (Lipinski definition) is 6. The van der Waals surface area contributed by atoms with Gasteiger partial charge in [-0.25, -0.2) is 0 Å². The Bertz CT molecular complexity index is 1070. The van der Waals surface area contributed by atoms with E-state index in [1.165, 1.54) is 17.3 Å². The lowest BCUT2D eigenvalue weighted by Crippen LogP contribution is -2.33. The first-order valence-corrected chi connectivity index (χ1v) is 11.0. The third kappa shape index (κ3) is 5.64. The molecule has 0 aliphatic rings. The molecule has 160 valence electrons. The lowest BCUT2D eigenvalue weighted by molar-refractivity contribution is -0.116. The van der Waals surface area contributed by atoms with Gasteiger partial charge in [-0.1, -0.05) is 29.5 Å². The highest BCUT2D eigenvalue weighted by Crippen LogP contribution is 2.25. The SMILES string of the molecule is CCOc1ccc(N(CCC#N)C(=O)CSc2nncn2-c2ccc(C)cc2C)cc1. The van der Waals surface area contributed by atoms with E-state index in [1.807, 2.05) is 61.7 Å². The van der Waals surface area contributed by atoms with Crippen LogP contribution < -0.4 is 9.64 Å². The summed E-state index contributed by atoms with van der Waals surface area (Å²) in [5, 5.41) is 17.9. The molecule has 1 heterocycles. The molecule has 0 radical (unpaired) electrons. The fraction of sp³-hybridized carbons (Fsp3) is 0.304. The van der Waals surface area contributed by atoms with Crippen molar-refractivity contribution < 1.29 is 9.53 Å². The molecule has 3 rings (SSSR count). The van der Waals surface area contributed by atoms with Crippen molar-refractivity contribution in [2.75, 3.05) is 23.8 Å². The van der Waals surface area contributed by atoms with Gasteiger partial charge < -0.3 is 9.64 Å². The Kier molecular flexibility index (Phi) is 7.68. The average molecular weight is 436 g/mol. The Morgan fingerprint density at radius 2 is 2.00 bits per heavy atom. The number of carbonyl (C=O) groups excluding carboxylic acids is 1. The molecule has 0 N–H and O–H groups in total. The Balaban J connectivity index is 1.74. The molecular formula is C23H25N5O2S. The normalized spacial score (nSPS) is 10.5. The largest absolute Gasteiger partial charge is 0.494 e. The molecule has 0 fully saturated rings. The second-order valence-electron chi connectivity index (χ2n) is 6.94. The second kappa shape index (κ2) is 10.6. The van der Waals surface area contributed by atoms with Gasteiger partial charge >= 0.3 is 0 Å². The number of rotatable bonds is 9. The lowest BCUT2D eigenvalue weighted by atomic mass is 10.1. The first-order chi connectivity index (χ1) is 15.0. The molecule has 31 heavy (non-hydrogen) atoms. The highest BCUT2D eigenvalue weighted by molar-refractivity contribution is 7.99. The predicted octanol–water partition coefficient (Wildman–Crippen LogP) is 4.32. The molecule has 0 aliphatic heterocycles. The molecule has 0 atom stereocenters. The second-order valence-corrected chi connectivity index (χ2v) is 7.89. The first kappa shape index (κ1) is 22.4. The smallest absolute Gasteiger partial charge is 0.237 e. The molecule has 0 saturated carbocycles. The monoisotopic (exact) mass is 435 g/mol. The lowest BCUT2D eigenvalue weighted by Gasteiger charge is -2.22. The van der Waals surface area contributed by atoms with Gasteiger partial charge in [0.1, 0.15) is 12.1 Å². The maximum Gasteiger partial charge on any atom is 0.237 e. The molecule has 0 saturated heterocycles. The summed E-state index contributed by atoms with van der Waals surface area (Å²) in [6, 6.07) is 15.6. The molecule has 8 heteroatoms. The summed E-state index contributed by atoms with van der Waals surface area (Å²) in [5.41, 5.74) is 4.01. The van der Waals surface area contributed by atoms with Crippen molar-refractivity contribution in [1.82, 2.24) is 14.8 Å². The van der Waals surface area contributed by atoms with Gasteiger partial charge in [0, 0.05) is 12.2 Å². The van der Waals surface area contributed by atoms with Crippen molar-refractivity contribution >= 4 is 23.4 Å². The molecular weight excluding hydrogens is 410 g/mol. The number of aryl methyl sites for hydroxylation is 2. The third-order valence-corrected chi connectivity index (χ3v) is 5.59. The number of nitrogens with zero attached hydrogens (tertiary/aromatic N) is 5. The van der Waals surface area contributed by atoms with E-state index < -0.39 is 0 Å². The Morgan fingerprint density at radius 1 is 1.23 bits per heavy atom. The van der Waals surface area contributed by atoms with E-state index in [1.54, 1.807) is 11.2 Å². The van der Waals surface area contributed by atoms with Gasteiger partial charge in [0.05, 0.1) is 30.5 Å². The number of nitriles is 1. The maximum absolute atomic E-state index is 13.0. The van der Waals surface area contributed by atoms with Crippen LogP contribution in [0.4, 0.5) is 5.69 Å². The summed E-state index contributed by atoms with van der Waals surface area (Å²) >= 11 is 1.33. The number of hydrogen-bond donors (Lipinski definition) is 0.